The highest BCUT2D eigenvalue weighted by Crippen LogP contribution is 2.29. The average molecular weight is 245 g/mol. The molecule has 0 saturated carbocycles. The standard InChI is InChI=1S/C14H15NO3/c1-18-13-7-2-4-10(14(13)17)9-15-11-5-3-6-12(16)8-11/h2-8,15-17H,9H2,1H3. The Morgan fingerprint density at radius 1 is 1.11 bits per heavy atom. The van der Waals surface area contributed by atoms with Crippen molar-refractivity contribution in [1.29, 1.82) is 0 Å². The predicted molar refractivity (Wildman–Crippen MR) is 70.1 cm³/mol. The first-order chi connectivity index (χ1) is 8.70. The fourth-order valence-corrected chi connectivity index (χ4v) is 1.69. The van der Waals surface area contributed by atoms with Crippen LogP contribution in [-0.2, 0) is 6.54 Å². The smallest absolute Gasteiger partial charge is 0.162 e. The highest BCUT2D eigenvalue weighted by molar-refractivity contribution is 5.51. The number of rotatable bonds is 4. The van der Waals surface area contributed by atoms with E-state index in [-0.39, 0.29) is 11.5 Å². The molecule has 2 aromatic carbocycles. The zero-order valence-corrected chi connectivity index (χ0v) is 10.1. The van der Waals surface area contributed by atoms with Gasteiger partial charge < -0.3 is 20.3 Å². The van der Waals surface area contributed by atoms with Crippen molar-refractivity contribution in [2.24, 2.45) is 0 Å². The van der Waals surface area contributed by atoms with Crippen molar-refractivity contribution in [3.8, 4) is 17.2 Å². The molecule has 2 rings (SSSR count). The van der Waals surface area contributed by atoms with Crippen LogP contribution < -0.4 is 10.1 Å². The Balaban J connectivity index is 2.11. The molecule has 3 N–H and O–H groups in total. The molecule has 0 heterocycles. The van der Waals surface area contributed by atoms with Gasteiger partial charge in [-0.25, -0.2) is 0 Å². The van der Waals surface area contributed by atoms with Gasteiger partial charge >= 0.3 is 0 Å². The number of ether oxygens (including phenoxy) is 1. The Bertz CT molecular complexity index is 540. The van der Waals surface area contributed by atoms with Crippen molar-refractivity contribution < 1.29 is 14.9 Å². The molecule has 0 radical (unpaired) electrons. The van der Waals surface area contributed by atoms with E-state index in [2.05, 4.69) is 5.32 Å². The minimum atomic E-state index is 0.132. The second-order valence-corrected chi connectivity index (χ2v) is 3.87. The fraction of sp³-hybridized carbons (Fsp3) is 0.143. The molecule has 0 atom stereocenters. The van der Waals surface area contributed by atoms with Crippen LogP contribution in [0.4, 0.5) is 5.69 Å². The average Bonchev–Trinajstić information content (AvgIpc) is 2.38. The number of anilines is 1. The van der Waals surface area contributed by atoms with E-state index < -0.39 is 0 Å². The largest absolute Gasteiger partial charge is 0.508 e. The van der Waals surface area contributed by atoms with Crippen LogP contribution in [0.1, 0.15) is 5.56 Å². The Labute approximate surface area is 105 Å². The van der Waals surface area contributed by atoms with Crippen LogP contribution in [0, 0.1) is 0 Å². The SMILES string of the molecule is COc1cccc(CNc2cccc(O)c2)c1O. The second-order valence-electron chi connectivity index (χ2n) is 3.87. The number of benzene rings is 2. The quantitative estimate of drug-likeness (QED) is 0.775. The zero-order valence-electron chi connectivity index (χ0n) is 10.1. The van der Waals surface area contributed by atoms with Gasteiger partial charge in [-0.3, -0.25) is 0 Å². The maximum Gasteiger partial charge on any atom is 0.162 e. The Hall–Kier alpha value is -2.36. The summed E-state index contributed by atoms with van der Waals surface area (Å²) in [4.78, 5) is 0. The van der Waals surface area contributed by atoms with Crippen LogP contribution in [0.2, 0.25) is 0 Å². The lowest BCUT2D eigenvalue weighted by atomic mass is 10.2. The molecule has 0 aliphatic carbocycles. The highest BCUT2D eigenvalue weighted by Gasteiger charge is 2.06. The molecule has 0 aromatic heterocycles. The summed E-state index contributed by atoms with van der Waals surface area (Å²) in [5.74, 6) is 0.785. The van der Waals surface area contributed by atoms with Gasteiger partial charge in [-0.15, -0.1) is 0 Å². The molecule has 0 fully saturated rings. The fourth-order valence-electron chi connectivity index (χ4n) is 1.69. The van der Waals surface area contributed by atoms with Gasteiger partial charge in [0, 0.05) is 23.9 Å². The number of phenolic OH excluding ortho intramolecular Hbond substituents is 2. The Morgan fingerprint density at radius 3 is 2.61 bits per heavy atom. The normalized spacial score (nSPS) is 10.1. The zero-order chi connectivity index (χ0) is 13.0. The molecule has 2 aromatic rings. The topological polar surface area (TPSA) is 61.7 Å². The molecule has 0 aliphatic rings. The van der Waals surface area contributed by atoms with E-state index in [1.54, 1.807) is 24.3 Å². The Morgan fingerprint density at radius 2 is 1.89 bits per heavy atom. The summed E-state index contributed by atoms with van der Waals surface area (Å²) < 4.78 is 5.04. The van der Waals surface area contributed by atoms with Gasteiger partial charge in [-0.2, -0.15) is 0 Å². The first kappa shape index (κ1) is 12.1. The molecule has 0 bridgehead atoms. The molecular formula is C14H15NO3. The molecule has 4 heteroatoms. The van der Waals surface area contributed by atoms with E-state index >= 15 is 0 Å². The number of hydrogen-bond donors (Lipinski definition) is 3. The first-order valence-corrected chi connectivity index (χ1v) is 5.58. The maximum atomic E-state index is 9.91. The summed E-state index contributed by atoms with van der Waals surface area (Å²) in [5, 5.41) is 22.4. The lowest BCUT2D eigenvalue weighted by molar-refractivity contribution is 0.371. The van der Waals surface area contributed by atoms with Crippen LogP contribution in [0.3, 0.4) is 0 Å². The van der Waals surface area contributed by atoms with E-state index in [1.165, 1.54) is 7.11 Å². The minimum Gasteiger partial charge on any atom is -0.508 e. The summed E-state index contributed by atoms with van der Waals surface area (Å²) in [7, 11) is 1.52. The third-order valence-corrected chi connectivity index (χ3v) is 2.63. The molecular weight excluding hydrogens is 230 g/mol. The van der Waals surface area contributed by atoms with E-state index in [9.17, 15) is 10.2 Å². The van der Waals surface area contributed by atoms with Crippen LogP contribution in [0.5, 0.6) is 17.2 Å². The van der Waals surface area contributed by atoms with E-state index in [1.807, 2.05) is 18.2 Å². The van der Waals surface area contributed by atoms with Crippen molar-refractivity contribution in [2.75, 3.05) is 12.4 Å². The van der Waals surface area contributed by atoms with E-state index in [4.69, 9.17) is 4.74 Å². The van der Waals surface area contributed by atoms with Gasteiger partial charge in [-0.05, 0) is 18.2 Å². The second kappa shape index (κ2) is 5.31. The van der Waals surface area contributed by atoms with Gasteiger partial charge in [0.1, 0.15) is 5.75 Å². The molecule has 94 valence electrons. The summed E-state index contributed by atoms with van der Waals surface area (Å²) in [6.45, 7) is 0.451. The van der Waals surface area contributed by atoms with Crippen molar-refractivity contribution in [2.45, 2.75) is 6.54 Å². The molecule has 0 spiro atoms. The van der Waals surface area contributed by atoms with Crippen LogP contribution in [0.25, 0.3) is 0 Å². The molecule has 4 nitrogen and oxygen atoms in total. The van der Waals surface area contributed by atoms with E-state index in [0.29, 0.717) is 12.3 Å². The van der Waals surface area contributed by atoms with Crippen molar-refractivity contribution in [3.63, 3.8) is 0 Å². The number of nitrogens with one attached hydrogen (secondary N) is 1. The lowest BCUT2D eigenvalue weighted by Crippen LogP contribution is -2.00. The van der Waals surface area contributed by atoms with Gasteiger partial charge in [0.15, 0.2) is 11.5 Å². The summed E-state index contributed by atoms with van der Waals surface area (Å²) in [6.07, 6.45) is 0. The molecule has 0 aliphatic heterocycles. The summed E-state index contributed by atoms with van der Waals surface area (Å²) in [6, 6.07) is 12.2. The lowest BCUT2D eigenvalue weighted by Gasteiger charge is -2.10. The summed E-state index contributed by atoms with van der Waals surface area (Å²) in [5.41, 5.74) is 1.52. The maximum absolute atomic E-state index is 9.91. The highest BCUT2D eigenvalue weighted by atomic mass is 16.5. The molecule has 0 saturated heterocycles. The molecule has 0 unspecified atom stereocenters. The van der Waals surface area contributed by atoms with Crippen LogP contribution >= 0.6 is 0 Å². The number of para-hydroxylation sites is 1. The van der Waals surface area contributed by atoms with Gasteiger partial charge in [-0.1, -0.05) is 18.2 Å². The number of aromatic hydroxyl groups is 2. The summed E-state index contributed by atoms with van der Waals surface area (Å²) >= 11 is 0. The number of phenols is 2. The molecule has 18 heavy (non-hydrogen) atoms. The van der Waals surface area contributed by atoms with Crippen LogP contribution in [0.15, 0.2) is 42.5 Å². The molecule has 0 amide bonds. The third-order valence-electron chi connectivity index (χ3n) is 2.63. The van der Waals surface area contributed by atoms with Crippen molar-refractivity contribution in [3.05, 3.63) is 48.0 Å². The van der Waals surface area contributed by atoms with Gasteiger partial charge in [0.25, 0.3) is 0 Å². The van der Waals surface area contributed by atoms with Crippen LogP contribution in [-0.4, -0.2) is 17.3 Å². The third kappa shape index (κ3) is 2.66. The van der Waals surface area contributed by atoms with Gasteiger partial charge in [0.05, 0.1) is 7.11 Å². The number of methoxy groups -OCH3 is 1. The van der Waals surface area contributed by atoms with Crippen molar-refractivity contribution in [1.82, 2.24) is 0 Å². The monoisotopic (exact) mass is 245 g/mol. The van der Waals surface area contributed by atoms with Crippen molar-refractivity contribution >= 4 is 5.69 Å². The van der Waals surface area contributed by atoms with E-state index in [0.717, 1.165) is 11.3 Å². The number of hydrogen-bond acceptors (Lipinski definition) is 4. The van der Waals surface area contributed by atoms with Gasteiger partial charge in [0.2, 0.25) is 0 Å². The minimum absolute atomic E-state index is 0.132. The Kier molecular flexibility index (Phi) is 3.57. The predicted octanol–water partition coefficient (Wildman–Crippen LogP) is 2.72. The first-order valence-electron chi connectivity index (χ1n) is 5.58.